The van der Waals surface area contributed by atoms with Crippen LogP contribution in [0.2, 0.25) is 5.02 Å². The summed E-state index contributed by atoms with van der Waals surface area (Å²) in [5.41, 5.74) is 5.93. The third-order valence-corrected chi connectivity index (χ3v) is 2.04. The summed E-state index contributed by atoms with van der Waals surface area (Å²) in [4.78, 5) is 0. The molecule has 0 aliphatic heterocycles. The van der Waals surface area contributed by atoms with Crippen molar-refractivity contribution < 1.29 is 4.39 Å². The van der Waals surface area contributed by atoms with Crippen molar-refractivity contribution in [2.24, 2.45) is 5.73 Å². The molecule has 2 N–H and O–H groups in total. The molecular weight excluding hydrogens is 189 g/mol. The van der Waals surface area contributed by atoms with Gasteiger partial charge in [-0.2, -0.15) is 0 Å². The predicted octanol–water partition coefficient (Wildman–Crippen LogP) is 2.50. The second-order valence-electron chi connectivity index (χ2n) is 2.65. The minimum absolute atomic E-state index is 0.278. The fourth-order valence-electron chi connectivity index (χ4n) is 1.09. The molecular formula is C10H9ClFN. The SMILES string of the molecule is C#CCC(N)c1c(F)cccc1Cl. The van der Waals surface area contributed by atoms with Gasteiger partial charge >= 0.3 is 0 Å². The molecule has 0 bridgehead atoms. The maximum atomic E-state index is 13.2. The Balaban J connectivity index is 3.06. The van der Waals surface area contributed by atoms with Crippen molar-refractivity contribution in [3.05, 3.63) is 34.6 Å². The minimum atomic E-state index is -0.529. The Morgan fingerprint density at radius 3 is 2.85 bits per heavy atom. The Morgan fingerprint density at radius 1 is 1.62 bits per heavy atom. The Bertz CT molecular complexity index is 323. The van der Waals surface area contributed by atoms with Crippen LogP contribution in [0.1, 0.15) is 18.0 Å². The fourth-order valence-corrected chi connectivity index (χ4v) is 1.40. The van der Waals surface area contributed by atoms with Crippen LogP contribution in [0.15, 0.2) is 18.2 Å². The monoisotopic (exact) mass is 197 g/mol. The van der Waals surface area contributed by atoms with E-state index in [0.29, 0.717) is 10.6 Å². The van der Waals surface area contributed by atoms with E-state index in [2.05, 4.69) is 5.92 Å². The minimum Gasteiger partial charge on any atom is -0.323 e. The van der Waals surface area contributed by atoms with Gasteiger partial charge in [-0.3, -0.25) is 0 Å². The standard InChI is InChI=1S/C10H9ClFN/c1-2-4-9(13)10-7(11)5-3-6-8(10)12/h1,3,5-6,9H,4,13H2. The zero-order valence-electron chi connectivity index (χ0n) is 6.93. The highest BCUT2D eigenvalue weighted by Gasteiger charge is 2.13. The number of benzene rings is 1. The van der Waals surface area contributed by atoms with Crippen LogP contribution >= 0.6 is 11.6 Å². The third kappa shape index (κ3) is 2.21. The van der Waals surface area contributed by atoms with Crippen molar-refractivity contribution in [2.75, 3.05) is 0 Å². The van der Waals surface area contributed by atoms with E-state index in [9.17, 15) is 4.39 Å². The van der Waals surface area contributed by atoms with E-state index in [1.807, 2.05) is 0 Å². The maximum Gasteiger partial charge on any atom is 0.129 e. The molecule has 1 nitrogen and oxygen atoms in total. The van der Waals surface area contributed by atoms with Gasteiger partial charge in [-0.25, -0.2) is 4.39 Å². The second-order valence-corrected chi connectivity index (χ2v) is 3.06. The van der Waals surface area contributed by atoms with E-state index >= 15 is 0 Å². The number of hydrogen-bond acceptors (Lipinski definition) is 1. The molecule has 0 aliphatic carbocycles. The van der Waals surface area contributed by atoms with Crippen molar-refractivity contribution in [2.45, 2.75) is 12.5 Å². The van der Waals surface area contributed by atoms with Gasteiger partial charge in [0.15, 0.2) is 0 Å². The summed E-state index contributed by atoms with van der Waals surface area (Å²) in [6.45, 7) is 0. The van der Waals surface area contributed by atoms with Crippen LogP contribution in [0.5, 0.6) is 0 Å². The summed E-state index contributed by atoms with van der Waals surface area (Å²) in [6.07, 6.45) is 5.35. The van der Waals surface area contributed by atoms with E-state index in [0.717, 1.165) is 0 Å². The lowest BCUT2D eigenvalue weighted by Gasteiger charge is -2.11. The van der Waals surface area contributed by atoms with Crippen LogP contribution in [0.3, 0.4) is 0 Å². The smallest absolute Gasteiger partial charge is 0.129 e. The molecule has 0 fully saturated rings. The summed E-state index contributed by atoms with van der Waals surface area (Å²) in [6, 6.07) is 3.91. The largest absolute Gasteiger partial charge is 0.323 e. The number of terminal acetylenes is 1. The average molecular weight is 198 g/mol. The van der Waals surface area contributed by atoms with Crippen molar-refractivity contribution in [1.82, 2.24) is 0 Å². The van der Waals surface area contributed by atoms with Gasteiger partial charge in [0.05, 0.1) is 0 Å². The lowest BCUT2D eigenvalue weighted by molar-refractivity contribution is 0.586. The van der Waals surface area contributed by atoms with Crippen LogP contribution in [0.25, 0.3) is 0 Å². The van der Waals surface area contributed by atoms with Gasteiger partial charge < -0.3 is 5.73 Å². The first kappa shape index (κ1) is 10.0. The molecule has 0 saturated carbocycles. The highest BCUT2D eigenvalue weighted by molar-refractivity contribution is 6.31. The van der Waals surface area contributed by atoms with E-state index in [4.69, 9.17) is 23.8 Å². The Labute approximate surface area is 81.7 Å². The lowest BCUT2D eigenvalue weighted by atomic mass is 10.0. The van der Waals surface area contributed by atoms with Gasteiger partial charge in [-0.15, -0.1) is 12.3 Å². The molecule has 0 aromatic heterocycles. The van der Waals surface area contributed by atoms with Gasteiger partial charge in [0.1, 0.15) is 5.82 Å². The first-order valence-electron chi connectivity index (χ1n) is 3.79. The number of hydrogen-bond donors (Lipinski definition) is 1. The van der Waals surface area contributed by atoms with E-state index in [1.165, 1.54) is 12.1 Å². The van der Waals surface area contributed by atoms with Crippen LogP contribution in [0, 0.1) is 18.2 Å². The Hall–Kier alpha value is -1.04. The second kappa shape index (κ2) is 4.27. The zero-order valence-corrected chi connectivity index (χ0v) is 7.68. The zero-order chi connectivity index (χ0) is 9.84. The third-order valence-electron chi connectivity index (χ3n) is 1.71. The molecule has 0 amide bonds. The van der Waals surface area contributed by atoms with Crippen LogP contribution in [0.4, 0.5) is 4.39 Å². The van der Waals surface area contributed by atoms with Crippen molar-refractivity contribution >= 4 is 11.6 Å². The van der Waals surface area contributed by atoms with Crippen molar-refractivity contribution in [3.63, 3.8) is 0 Å². The van der Waals surface area contributed by atoms with Crippen LogP contribution in [-0.2, 0) is 0 Å². The first-order valence-corrected chi connectivity index (χ1v) is 4.17. The molecule has 13 heavy (non-hydrogen) atoms. The van der Waals surface area contributed by atoms with E-state index < -0.39 is 11.9 Å². The molecule has 0 spiro atoms. The van der Waals surface area contributed by atoms with Crippen LogP contribution in [-0.4, -0.2) is 0 Å². The number of halogens is 2. The average Bonchev–Trinajstić information content (AvgIpc) is 2.04. The van der Waals surface area contributed by atoms with Gasteiger partial charge in [-0.05, 0) is 12.1 Å². The maximum absolute atomic E-state index is 13.2. The molecule has 1 unspecified atom stereocenters. The first-order chi connectivity index (χ1) is 6.16. The fraction of sp³-hybridized carbons (Fsp3) is 0.200. The molecule has 1 aromatic carbocycles. The normalized spacial score (nSPS) is 12.2. The summed E-state index contributed by atoms with van der Waals surface area (Å²) in [5, 5.41) is 0.322. The van der Waals surface area contributed by atoms with Crippen molar-refractivity contribution in [1.29, 1.82) is 0 Å². The number of rotatable bonds is 2. The number of nitrogens with two attached hydrogens (primary N) is 1. The molecule has 0 aliphatic rings. The van der Waals surface area contributed by atoms with Gasteiger partial charge in [0, 0.05) is 23.0 Å². The van der Waals surface area contributed by atoms with Crippen LogP contribution < -0.4 is 5.73 Å². The van der Waals surface area contributed by atoms with E-state index in [-0.39, 0.29) is 6.42 Å². The molecule has 0 heterocycles. The summed E-state index contributed by atoms with van der Waals surface area (Å²) >= 11 is 5.77. The van der Waals surface area contributed by atoms with Crippen molar-refractivity contribution in [3.8, 4) is 12.3 Å². The summed E-state index contributed by atoms with van der Waals surface area (Å²) < 4.78 is 13.2. The highest BCUT2D eigenvalue weighted by atomic mass is 35.5. The molecule has 3 heteroatoms. The van der Waals surface area contributed by atoms with Gasteiger partial charge in [0.25, 0.3) is 0 Å². The molecule has 1 atom stereocenters. The quantitative estimate of drug-likeness (QED) is 0.725. The predicted molar refractivity (Wildman–Crippen MR) is 51.8 cm³/mol. The Morgan fingerprint density at radius 2 is 2.31 bits per heavy atom. The summed E-state index contributed by atoms with van der Waals surface area (Å²) in [7, 11) is 0. The molecule has 1 rings (SSSR count). The highest BCUT2D eigenvalue weighted by Crippen LogP contribution is 2.25. The molecule has 1 aromatic rings. The molecule has 68 valence electrons. The van der Waals surface area contributed by atoms with E-state index in [1.54, 1.807) is 6.07 Å². The lowest BCUT2D eigenvalue weighted by Crippen LogP contribution is -2.11. The summed E-state index contributed by atoms with van der Waals surface area (Å²) in [5.74, 6) is 1.96. The molecule has 0 radical (unpaired) electrons. The topological polar surface area (TPSA) is 26.0 Å². The van der Waals surface area contributed by atoms with Gasteiger partial charge in [-0.1, -0.05) is 17.7 Å². The molecule has 0 saturated heterocycles. The Kier molecular flexibility index (Phi) is 3.30. The van der Waals surface area contributed by atoms with Gasteiger partial charge in [0.2, 0.25) is 0 Å².